The zero-order valence-electron chi connectivity index (χ0n) is 23.4. The Bertz CT molecular complexity index is 1240. The Kier molecular flexibility index (Phi) is 8.79. The van der Waals surface area contributed by atoms with Gasteiger partial charge in [0.2, 0.25) is 5.91 Å². The molecule has 4 rings (SSSR count). The lowest BCUT2D eigenvalue weighted by Crippen LogP contribution is -2.61. The first-order valence-corrected chi connectivity index (χ1v) is 14.1. The van der Waals surface area contributed by atoms with E-state index in [1.807, 2.05) is 31.7 Å². The monoisotopic (exact) mass is 538 g/mol. The molecule has 0 spiro atoms. The number of likely N-dealkylation sites (tertiary alicyclic amines) is 1. The first kappa shape index (κ1) is 28.8. The summed E-state index contributed by atoms with van der Waals surface area (Å²) in [4.78, 5) is 43.7. The normalized spacial score (nSPS) is 22.3. The number of amides is 2. The van der Waals surface area contributed by atoms with Gasteiger partial charge in [0.05, 0.1) is 24.2 Å². The zero-order valence-corrected chi connectivity index (χ0v) is 23.4. The Labute approximate surface area is 230 Å². The number of hydrogen-bond acceptors (Lipinski definition) is 5. The fraction of sp³-hybridized carbons (Fsp3) is 0.600. The lowest BCUT2D eigenvalue weighted by Gasteiger charge is -2.50. The van der Waals surface area contributed by atoms with Crippen molar-refractivity contribution in [2.45, 2.75) is 84.4 Å². The molecule has 9 nitrogen and oxygen atoms in total. The van der Waals surface area contributed by atoms with Crippen LogP contribution in [-0.2, 0) is 17.9 Å². The minimum Gasteiger partial charge on any atom is -0.465 e. The molecule has 0 bridgehead atoms. The Morgan fingerprint density at radius 2 is 1.90 bits per heavy atom. The van der Waals surface area contributed by atoms with E-state index >= 15 is 0 Å². The smallest absolute Gasteiger partial charge is 0.404 e. The van der Waals surface area contributed by atoms with E-state index in [4.69, 9.17) is 5.11 Å². The Hall–Kier alpha value is -3.20. The summed E-state index contributed by atoms with van der Waals surface area (Å²) in [6, 6.07) is 8.61. The summed E-state index contributed by atoms with van der Waals surface area (Å²) in [5, 5.41) is 23.0. The van der Waals surface area contributed by atoms with Gasteiger partial charge in [0, 0.05) is 42.6 Å². The van der Waals surface area contributed by atoms with E-state index in [1.165, 1.54) is 49.1 Å². The van der Waals surface area contributed by atoms with Crippen LogP contribution in [-0.4, -0.2) is 55.4 Å². The number of aliphatic hydroxyl groups is 1. The Balaban J connectivity index is 1.44. The Morgan fingerprint density at radius 3 is 2.56 bits per heavy atom. The van der Waals surface area contributed by atoms with Gasteiger partial charge in [0.15, 0.2) is 0 Å². The highest BCUT2D eigenvalue weighted by molar-refractivity contribution is 5.78. The fourth-order valence-corrected chi connectivity index (χ4v) is 6.25. The average molecular weight is 539 g/mol. The van der Waals surface area contributed by atoms with Crippen LogP contribution in [0, 0.1) is 17.3 Å². The predicted octanol–water partition coefficient (Wildman–Crippen LogP) is 4.27. The van der Waals surface area contributed by atoms with Crippen molar-refractivity contribution in [1.29, 1.82) is 0 Å². The lowest BCUT2D eigenvalue weighted by molar-refractivity contribution is -0.157. The van der Waals surface area contributed by atoms with Crippen molar-refractivity contribution in [3.63, 3.8) is 0 Å². The number of hydrogen-bond donors (Lipinski definition) is 3. The first-order chi connectivity index (χ1) is 18.5. The minimum absolute atomic E-state index is 0.0250. The molecule has 1 unspecified atom stereocenters. The summed E-state index contributed by atoms with van der Waals surface area (Å²) in [5.74, 6) is 0.771. The quantitative estimate of drug-likeness (QED) is 0.461. The molecule has 1 aliphatic carbocycles. The van der Waals surface area contributed by atoms with Gasteiger partial charge < -0.3 is 20.4 Å². The number of carboxylic acid groups (broad SMARTS) is 1. The molecule has 3 N–H and O–H groups in total. The summed E-state index contributed by atoms with van der Waals surface area (Å²) < 4.78 is 1.42. The van der Waals surface area contributed by atoms with Crippen LogP contribution in [0.25, 0.3) is 11.3 Å². The molecule has 1 saturated heterocycles. The maximum atomic E-state index is 13.3. The third-order valence-corrected chi connectivity index (χ3v) is 8.82. The highest BCUT2D eigenvalue weighted by Crippen LogP contribution is 2.40. The molecule has 2 amide bonds. The second-order valence-corrected chi connectivity index (χ2v) is 12.1. The molecular formula is C30H42N4O5. The molecule has 0 radical (unpaired) electrons. The molecule has 2 heterocycles. The van der Waals surface area contributed by atoms with E-state index < -0.39 is 17.1 Å². The lowest BCUT2D eigenvalue weighted by atomic mass is 9.69. The zero-order chi connectivity index (χ0) is 28.2. The number of piperidine rings is 1. The predicted molar refractivity (Wildman–Crippen MR) is 149 cm³/mol. The number of carbonyl (C=O) groups is 2. The van der Waals surface area contributed by atoms with Gasteiger partial charge in [-0.15, -0.1) is 0 Å². The van der Waals surface area contributed by atoms with Gasteiger partial charge in [-0.25, -0.2) is 9.78 Å². The molecule has 2 aromatic rings. The molecular weight excluding hydrogens is 496 g/mol. The van der Waals surface area contributed by atoms with E-state index in [1.54, 1.807) is 18.2 Å². The van der Waals surface area contributed by atoms with Crippen molar-refractivity contribution < 1.29 is 19.8 Å². The summed E-state index contributed by atoms with van der Waals surface area (Å²) >= 11 is 0. The summed E-state index contributed by atoms with van der Waals surface area (Å²) in [5.41, 5.74) is -0.295. The molecule has 1 aliphatic heterocycles. The summed E-state index contributed by atoms with van der Waals surface area (Å²) in [6.07, 6.45) is 7.88. The molecule has 1 aromatic carbocycles. The van der Waals surface area contributed by atoms with Gasteiger partial charge in [-0.3, -0.25) is 14.2 Å². The van der Waals surface area contributed by atoms with Crippen LogP contribution in [0.1, 0.15) is 71.3 Å². The largest absolute Gasteiger partial charge is 0.465 e. The van der Waals surface area contributed by atoms with Gasteiger partial charge in [0.1, 0.15) is 0 Å². The highest BCUT2D eigenvalue weighted by atomic mass is 16.4. The van der Waals surface area contributed by atoms with Crippen molar-refractivity contribution in [3.05, 3.63) is 52.6 Å². The number of nitrogens with zero attached hydrogens (tertiary/aromatic N) is 3. The van der Waals surface area contributed by atoms with Crippen LogP contribution in [0.2, 0.25) is 0 Å². The van der Waals surface area contributed by atoms with Crippen LogP contribution in [0.3, 0.4) is 0 Å². The number of carbonyl (C=O) groups excluding carboxylic acids is 1. The number of benzene rings is 1. The molecule has 212 valence electrons. The Morgan fingerprint density at radius 1 is 1.18 bits per heavy atom. The van der Waals surface area contributed by atoms with Gasteiger partial charge >= 0.3 is 6.09 Å². The second-order valence-electron chi connectivity index (χ2n) is 12.1. The van der Waals surface area contributed by atoms with Crippen molar-refractivity contribution in [1.82, 2.24) is 19.8 Å². The topological polar surface area (TPSA) is 125 Å². The number of rotatable bonds is 8. The summed E-state index contributed by atoms with van der Waals surface area (Å²) in [7, 11) is 0. The SMILES string of the molecule is C[C@H](CC1CCCCC1)C(=O)N1CCC(O)(Cn2cnc(-c3ccccc3CNC(=O)O)cc2=O)C(C)(C)C1. The van der Waals surface area contributed by atoms with E-state index in [-0.39, 0.29) is 30.5 Å². The standard InChI is InChI=1S/C30H42N4O5/c1-21(15-22-9-5-4-6-10-22)27(36)33-14-13-30(39,29(2,3)18-33)19-34-20-32-25(16-26(34)35)24-12-8-7-11-23(24)17-31-28(37)38/h7-8,11-12,16,20-22,31,39H,4-6,9-10,13-15,17-19H2,1-3H3,(H,37,38)/t21-,30?/m1/s1. The van der Waals surface area contributed by atoms with Gasteiger partial charge in [-0.05, 0) is 24.3 Å². The molecule has 9 heteroatoms. The molecule has 2 atom stereocenters. The minimum atomic E-state index is -1.19. The third kappa shape index (κ3) is 6.69. The van der Waals surface area contributed by atoms with E-state index in [0.717, 1.165) is 6.42 Å². The number of nitrogens with one attached hydrogen (secondary N) is 1. The second kappa shape index (κ2) is 11.9. The maximum Gasteiger partial charge on any atom is 0.404 e. The van der Waals surface area contributed by atoms with Crippen LogP contribution < -0.4 is 10.9 Å². The van der Waals surface area contributed by atoms with Crippen LogP contribution in [0.4, 0.5) is 4.79 Å². The molecule has 2 fully saturated rings. The molecule has 39 heavy (non-hydrogen) atoms. The van der Waals surface area contributed by atoms with Crippen molar-refractivity contribution in [3.8, 4) is 11.3 Å². The molecule has 1 saturated carbocycles. The summed E-state index contributed by atoms with van der Waals surface area (Å²) in [6.45, 7) is 7.01. The van der Waals surface area contributed by atoms with Crippen molar-refractivity contribution >= 4 is 12.0 Å². The van der Waals surface area contributed by atoms with E-state index in [2.05, 4.69) is 10.3 Å². The average Bonchev–Trinajstić information content (AvgIpc) is 2.90. The van der Waals surface area contributed by atoms with Crippen LogP contribution in [0.5, 0.6) is 0 Å². The highest BCUT2D eigenvalue weighted by Gasteiger charge is 2.49. The maximum absolute atomic E-state index is 13.3. The van der Waals surface area contributed by atoms with E-state index in [0.29, 0.717) is 42.2 Å². The third-order valence-electron chi connectivity index (χ3n) is 8.82. The van der Waals surface area contributed by atoms with Crippen LogP contribution in [0.15, 0.2) is 41.5 Å². The van der Waals surface area contributed by atoms with Gasteiger partial charge in [0.25, 0.3) is 5.56 Å². The van der Waals surface area contributed by atoms with Crippen molar-refractivity contribution in [2.75, 3.05) is 13.1 Å². The molecule has 2 aliphatic rings. The first-order valence-electron chi connectivity index (χ1n) is 14.1. The van der Waals surface area contributed by atoms with Crippen LogP contribution >= 0.6 is 0 Å². The van der Waals surface area contributed by atoms with Gasteiger partial charge in [-0.2, -0.15) is 0 Å². The van der Waals surface area contributed by atoms with Gasteiger partial charge in [-0.1, -0.05) is 77.1 Å². The molecule has 1 aromatic heterocycles. The van der Waals surface area contributed by atoms with E-state index in [9.17, 15) is 19.5 Å². The van der Waals surface area contributed by atoms with Crippen molar-refractivity contribution in [2.24, 2.45) is 17.3 Å². The fourth-order valence-electron chi connectivity index (χ4n) is 6.25. The number of aromatic nitrogens is 2.